The van der Waals surface area contributed by atoms with Crippen LogP contribution in [0.1, 0.15) is 37.7 Å². The predicted molar refractivity (Wildman–Crippen MR) is 106 cm³/mol. The Hall–Kier alpha value is -0.760. The minimum Gasteiger partial charge on any atom is -0.325 e. The van der Waals surface area contributed by atoms with Crippen molar-refractivity contribution < 1.29 is 13.2 Å². The van der Waals surface area contributed by atoms with Crippen LogP contribution >= 0.6 is 24.2 Å². The van der Waals surface area contributed by atoms with Gasteiger partial charge in [-0.1, -0.05) is 31.4 Å². The molecule has 1 heterocycles. The van der Waals surface area contributed by atoms with Crippen molar-refractivity contribution in [2.75, 3.05) is 16.9 Å². The maximum absolute atomic E-state index is 12.6. The van der Waals surface area contributed by atoms with Gasteiger partial charge in [0.1, 0.15) is 0 Å². The molecule has 1 saturated heterocycles. The molecule has 0 radical (unpaired) electrons. The molecule has 5 nitrogen and oxygen atoms in total. The second-order valence-corrected chi connectivity index (χ2v) is 9.84. The average molecular weight is 405 g/mol. The van der Waals surface area contributed by atoms with Crippen LogP contribution in [-0.4, -0.2) is 37.2 Å². The number of hydrogen-bond donors (Lipinski definition) is 2. The zero-order valence-corrected chi connectivity index (χ0v) is 16.5. The molecule has 1 amide bonds. The van der Waals surface area contributed by atoms with Crippen LogP contribution in [0.25, 0.3) is 0 Å². The van der Waals surface area contributed by atoms with Gasteiger partial charge in [0.25, 0.3) is 0 Å². The van der Waals surface area contributed by atoms with Gasteiger partial charge in [0, 0.05) is 17.3 Å². The van der Waals surface area contributed by atoms with Crippen LogP contribution in [-0.2, 0) is 20.4 Å². The Morgan fingerprint density at radius 3 is 2.68 bits per heavy atom. The van der Waals surface area contributed by atoms with Crippen molar-refractivity contribution in [2.45, 2.75) is 49.1 Å². The fourth-order valence-electron chi connectivity index (χ4n) is 3.31. The molecule has 2 N–H and O–H groups in total. The number of nitrogens with one attached hydrogen (secondary N) is 2. The maximum Gasteiger partial charge on any atom is 0.242 e. The standard InChI is InChI=1S/C17H24N2O3S2.ClH/c20-17(16-10-23-12-18-16)19-14-6-4-5-13(9-14)11-24(21,22)15-7-2-1-3-8-15;/h4-6,9,15-16,18H,1-3,7-8,10-12H2,(H,19,20);1H. The van der Waals surface area contributed by atoms with Crippen molar-refractivity contribution in [1.82, 2.24) is 5.32 Å². The zero-order chi connectivity index (χ0) is 17.0. The lowest BCUT2D eigenvalue weighted by molar-refractivity contribution is -0.117. The first kappa shape index (κ1) is 20.6. The topological polar surface area (TPSA) is 75.3 Å². The number of carbonyl (C=O) groups excluding carboxylic acids is 1. The summed E-state index contributed by atoms with van der Waals surface area (Å²) in [5, 5.41) is 5.80. The first-order valence-corrected chi connectivity index (χ1v) is 11.3. The van der Waals surface area contributed by atoms with E-state index in [1.54, 1.807) is 30.0 Å². The second-order valence-electron chi connectivity index (χ2n) is 6.53. The van der Waals surface area contributed by atoms with Crippen LogP contribution in [0.15, 0.2) is 24.3 Å². The highest BCUT2D eigenvalue weighted by Gasteiger charge is 2.27. The van der Waals surface area contributed by atoms with Crippen molar-refractivity contribution in [3.8, 4) is 0 Å². The molecule has 1 atom stereocenters. The molecule has 2 fully saturated rings. The van der Waals surface area contributed by atoms with Crippen LogP contribution in [0.5, 0.6) is 0 Å². The summed E-state index contributed by atoms with van der Waals surface area (Å²) in [4.78, 5) is 12.2. The molecule has 0 spiro atoms. The molecule has 3 rings (SSSR count). The lowest BCUT2D eigenvalue weighted by Crippen LogP contribution is -2.37. The Bertz CT molecular complexity index is 685. The number of sulfone groups is 1. The van der Waals surface area contributed by atoms with Gasteiger partial charge in [-0.25, -0.2) is 8.42 Å². The van der Waals surface area contributed by atoms with Gasteiger partial charge < -0.3 is 5.32 Å². The van der Waals surface area contributed by atoms with Gasteiger partial charge >= 0.3 is 0 Å². The number of thioether (sulfide) groups is 1. The first-order chi connectivity index (χ1) is 11.5. The summed E-state index contributed by atoms with van der Waals surface area (Å²) in [5.41, 5.74) is 1.40. The molecule has 1 aliphatic heterocycles. The average Bonchev–Trinajstić information content (AvgIpc) is 3.10. The molecule has 0 bridgehead atoms. The summed E-state index contributed by atoms with van der Waals surface area (Å²) in [7, 11) is -3.13. The maximum atomic E-state index is 12.6. The van der Waals surface area contributed by atoms with E-state index in [2.05, 4.69) is 10.6 Å². The van der Waals surface area contributed by atoms with Crippen molar-refractivity contribution in [3.05, 3.63) is 29.8 Å². The number of carbonyl (C=O) groups is 1. The largest absolute Gasteiger partial charge is 0.325 e. The number of anilines is 1. The normalized spacial score (nSPS) is 21.5. The quantitative estimate of drug-likeness (QED) is 0.789. The minimum atomic E-state index is -3.13. The zero-order valence-electron chi connectivity index (χ0n) is 14.1. The van der Waals surface area contributed by atoms with Gasteiger partial charge in [-0.2, -0.15) is 0 Å². The molecular formula is C17H25ClN2O3S2. The van der Waals surface area contributed by atoms with Gasteiger partial charge in [0.15, 0.2) is 9.84 Å². The molecule has 1 aromatic rings. The van der Waals surface area contributed by atoms with Crippen LogP contribution in [0.2, 0.25) is 0 Å². The Morgan fingerprint density at radius 1 is 1.24 bits per heavy atom. The SMILES string of the molecule is Cl.O=C(Nc1cccc(CS(=O)(=O)C2CCCCC2)c1)C1CSCN1. The predicted octanol–water partition coefficient (Wildman–Crippen LogP) is 2.96. The van der Waals surface area contributed by atoms with Gasteiger partial charge in [-0.3, -0.25) is 10.1 Å². The van der Waals surface area contributed by atoms with E-state index in [0.29, 0.717) is 5.69 Å². The fourth-order valence-corrected chi connectivity index (χ4v) is 6.18. The van der Waals surface area contributed by atoms with Crippen LogP contribution in [0, 0.1) is 0 Å². The Kier molecular flexibility index (Phi) is 7.61. The van der Waals surface area contributed by atoms with E-state index >= 15 is 0 Å². The summed E-state index contributed by atoms with van der Waals surface area (Å²) < 4.78 is 25.2. The molecule has 1 aromatic carbocycles. The molecule has 1 aliphatic carbocycles. The highest BCUT2D eigenvalue weighted by atomic mass is 35.5. The molecular weight excluding hydrogens is 380 g/mol. The Morgan fingerprint density at radius 2 is 2.00 bits per heavy atom. The van der Waals surface area contributed by atoms with Gasteiger partial charge in [0.05, 0.1) is 17.0 Å². The second kappa shape index (κ2) is 9.26. The monoisotopic (exact) mass is 404 g/mol. The van der Waals surface area contributed by atoms with E-state index in [9.17, 15) is 13.2 Å². The third kappa shape index (κ3) is 5.61. The molecule has 25 heavy (non-hydrogen) atoms. The van der Waals surface area contributed by atoms with E-state index in [1.807, 2.05) is 6.07 Å². The van der Waals surface area contributed by atoms with E-state index in [-0.39, 0.29) is 35.4 Å². The van der Waals surface area contributed by atoms with E-state index in [1.165, 1.54) is 0 Å². The summed E-state index contributed by atoms with van der Waals surface area (Å²) in [6.07, 6.45) is 4.72. The molecule has 1 saturated carbocycles. The Labute approximate surface area is 160 Å². The van der Waals surface area contributed by atoms with Crippen molar-refractivity contribution in [3.63, 3.8) is 0 Å². The fraction of sp³-hybridized carbons (Fsp3) is 0.588. The molecule has 2 aliphatic rings. The highest BCUT2D eigenvalue weighted by molar-refractivity contribution is 7.99. The minimum absolute atomic E-state index is 0. The summed E-state index contributed by atoms with van der Waals surface area (Å²) in [6, 6.07) is 7.03. The highest BCUT2D eigenvalue weighted by Crippen LogP contribution is 2.26. The van der Waals surface area contributed by atoms with Gasteiger partial charge in [-0.05, 0) is 30.5 Å². The lowest BCUT2D eigenvalue weighted by atomic mass is 10.0. The number of benzene rings is 1. The van der Waals surface area contributed by atoms with Crippen molar-refractivity contribution in [2.24, 2.45) is 0 Å². The third-order valence-corrected chi connectivity index (χ3v) is 7.82. The molecule has 1 unspecified atom stereocenters. The summed E-state index contributed by atoms with van der Waals surface area (Å²) in [6.45, 7) is 0. The molecule has 0 aromatic heterocycles. The van der Waals surface area contributed by atoms with Crippen LogP contribution in [0.3, 0.4) is 0 Å². The van der Waals surface area contributed by atoms with Gasteiger partial charge in [0.2, 0.25) is 5.91 Å². The number of hydrogen-bond acceptors (Lipinski definition) is 5. The number of rotatable bonds is 5. The summed E-state index contributed by atoms with van der Waals surface area (Å²) in [5.74, 6) is 1.55. The van der Waals surface area contributed by atoms with E-state index in [0.717, 1.165) is 49.3 Å². The number of halogens is 1. The lowest BCUT2D eigenvalue weighted by Gasteiger charge is -2.21. The smallest absolute Gasteiger partial charge is 0.242 e. The Balaban J connectivity index is 0.00000225. The first-order valence-electron chi connectivity index (χ1n) is 8.47. The van der Waals surface area contributed by atoms with E-state index < -0.39 is 9.84 Å². The van der Waals surface area contributed by atoms with Crippen molar-refractivity contribution in [1.29, 1.82) is 0 Å². The summed E-state index contributed by atoms with van der Waals surface area (Å²) >= 11 is 1.70. The van der Waals surface area contributed by atoms with E-state index in [4.69, 9.17) is 0 Å². The van der Waals surface area contributed by atoms with Crippen LogP contribution < -0.4 is 10.6 Å². The number of amides is 1. The molecule has 140 valence electrons. The molecule has 8 heteroatoms. The van der Waals surface area contributed by atoms with Crippen LogP contribution in [0.4, 0.5) is 5.69 Å². The third-order valence-electron chi connectivity index (χ3n) is 4.66. The van der Waals surface area contributed by atoms with Gasteiger partial charge in [-0.15, -0.1) is 24.2 Å². The van der Waals surface area contributed by atoms with Crippen molar-refractivity contribution >= 4 is 45.6 Å².